The van der Waals surface area contributed by atoms with E-state index in [9.17, 15) is 12.8 Å². The smallest absolute Gasteiger partial charge is 0.260 e. The molecule has 2 aromatic carbocycles. The third-order valence-electron chi connectivity index (χ3n) is 3.62. The van der Waals surface area contributed by atoms with Gasteiger partial charge in [0.1, 0.15) is 10.7 Å². The van der Waals surface area contributed by atoms with E-state index in [1.807, 2.05) is 0 Å². The molecule has 130 valence electrons. The van der Waals surface area contributed by atoms with Gasteiger partial charge in [0.05, 0.1) is 17.3 Å². The van der Waals surface area contributed by atoms with Crippen molar-refractivity contribution >= 4 is 27.4 Å². The summed E-state index contributed by atoms with van der Waals surface area (Å²) in [5, 5.41) is 7.83. The Morgan fingerprint density at radius 1 is 1.16 bits per heavy atom. The zero-order valence-electron chi connectivity index (χ0n) is 13.1. The van der Waals surface area contributed by atoms with Crippen molar-refractivity contribution in [1.29, 1.82) is 0 Å². The molecule has 1 heterocycles. The molecular weight excluding hydrogens is 367 g/mol. The highest BCUT2D eigenvalue weighted by Gasteiger charge is 2.21. The number of anilines is 1. The van der Waals surface area contributed by atoms with Crippen LogP contribution in [-0.4, -0.2) is 23.4 Å². The summed E-state index contributed by atoms with van der Waals surface area (Å²) in [6, 6.07) is 12.4. The first kappa shape index (κ1) is 17.4. The lowest BCUT2D eigenvalue weighted by molar-refractivity contribution is 0.571. The number of sulfonamides is 1. The summed E-state index contributed by atoms with van der Waals surface area (Å²) in [7, 11) is -3.91. The molecule has 25 heavy (non-hydrogen) atoms. The van der Waals surface area contributed by atoms with Gasteiger partial charge in [0.25, 0.3) is 10.0 Å². The SMILES string of the molecule is Cc1c(NS(=O)(=O)c2ccccc2Cl)nnn1Cc1ccccc1F. The van der Waals surface area contributed by atoms with Crippen LogP contribution in [0.15, 0.2) is 53.4 Å². The maximum atomic E-state index is 13.8. The van der Waals surface area contributed by atoms with Crippen LogP contribution in [0.1, 0.15) is 11.3 Å². The maximum absolute atomic E-state index is 13.8. The highest BCUT2D eigenvalue weighted by atomic mass is 35.5. The Bertz CT molecular complexity index is 1020. The Morgan fingerprint density at radius 2 is 1.84 bits per heavy atom. The minimum Gasteiger partial charge on any atom is -0.260 e. The third kappa shape index (κ3) is 3.64. The van der Waals surface area contributed by atoms with E-state index in [2.05, 4.69) is 15.0 Å². The molecule has 0 saturated carbocycles. The zero-order chi connectivity index (χ0) is 18.0. The van der Waals surface area contributed by atoms with Gasteiger partial charge >= 0.3 is 0 Å². The fourth-order valence-electron chi connectivity index (χ4n) is 2.24. The summed E-state index contributed by atoms with van der Waals surface area (Å²) in [6.45, 7) is 1.78. The van der Waals surface area contributed by atoms with Crippen LogP contribution in [0.4, 0.5) is 10.2 Å². The van der Waals surface area contributed by atoms with E-state index >= 15 is 0 Å². The lowest BCUT2D eigenvalue weighted by Gasteiger charge is -2.08. The Morgan fingerprint density at radius 3 is 2.56 bits per heavy atom. The van der Waals surface area contributed by atoms with E-state index in [4.69, 9.17) is 11.6 Å². The topological polar surface area (TPSA) is 76.9 Å². The van der Waals surface area contributed by atoms with Crippen LogP contribution in [-0.2, 0) is 16.6 Å². The minimum absolute atomic E-state index is 0.0558. The highest BCUT2D eigenvalue weighted by Crippen LogP contribution is 2.24. The Labute approximate surface area is 149 Å². The number of nitrogens with one attached hydrogen (secondary N) is 1. The second kappa shape index (κ2) is 6.81. The van der Waals surface area contributed by atoms with E-state index < -0.39 is 10.0 Å². The van der Waals surface area contributed by atoms with Crippen LogP contribution in [0.2, 0.25) is 5.02 Å². The summed E-state index contributed by atoms with van der Waals surface area (Å²) >= 11 is 5.94. The molecule has 0 amide bonds. The molecule has 0 spiro atoms. The van der Waals surface area contributed by atoms with Crippen molar-refractivity contribution in [2.75, 3.05) is 4.72 Å². The van der Waals surface area contributed by atoms with Crippen LogP contribution < -0.4 is 4.72 Å². The standard InChI is InChI=1S/C16H14ClFN4O2S/c1-11-16(20-25(23,24)15-9-5-3-7-13(15)17)19-21-22(11)10-12-6-2-4-8-14(12)18/h2-9,20H,10H2,1H3. The molecule has 0 fully saturated rings. The van der Waals surface area contributed by atoms with E-state index in [1.54, 1.807) is 37.3 Å². The Balaban J connectivity index is 1.87. The predicted octanol–water partition coefficient (Wildman–Crippen LogP) is 3.23. The minimum atomic E-state index is -3.91. The van der Waals surface area contributed by atoms with Gasteiger partial charge in [0, 0.05) is 5.56 Å². The summed E-state index contributed by atoms with van der Waals surface area (Å²) in [5.41, 5.74) is 0.884. The summed E-state index contributed by atoms with van der Waals surface area (Å²) in [5.74, 6) is -0.299. The zero-order valence-corrected chi connectivity index (χ0v) is 14.7. The molecule has 0 unspecified atom stereocenters. The third-order valence-corrected chi connectivity index (χ3v) is 5.46. The van der Waals surface area contributed by atoms with Crippen LogP contribution in [0.5, 0.6) is 0 Å². The molecule has 0 aliphatic heterocycles. The van der Waals surface area contributed by atoms with Gasteiger partial charge in [0.15, 0.2) is 5.82 Å². The van der Waals surface area contributed by atoms with Crippen molar-refractivity contribution in [2.24, 2.45) is 0 Å². The van der Waals surface area contributed by atoms with Gasteiger partial charge in [-0.1, -0.05) is 47.1 Å². The van der Waals surface area contributed by atoms with Crippen LogP contribution >= 0.6 is 11.6 Å². The van der Waals surface area contributed by atoms with Gasteiger partial charge in [-0.3, -0.25) is 4.72 Å². The monoisotopic (exact) mass is 380 g/mol. The largest absolute Gasteiger partial charge is 0.264 e. The van der Waals surface area contributed by atoms with E-state index in [-0.39, 0.29) is 28.1 Å². The molecule has 0 saturated heterocycles. The number of halogens is 2. The summed E-state index contributed by atoms with van der Waals surface area (Å²) in [4.78, 5) is -0.0558. The predicted molar refractivity (Wildman–Crippen MR) is 92.5 cm³/mol. The molecule has 0 aliphatic rings. The van der Waals surface area contributed by atoms with Gasteiger partial charge < -0.3 is 0 Å². The van der Waals surface area contributed by atoms with Crippen molar-refractivity contribution in [3.63, 3.8) is 0 Å². The van der Waals surface area contributed by atoms with Crippen molar-refractivity contribution in [3.05, 3.63) is 70.6 Å². The van der Waals surface area contributed by atoms with Crippen LogP contribution in [0.25, 0.3) is 0 Å². The molecule has 9 heteroatoms. The summed E-state index contributed by atoms with van der Waals surface area (Å²) < 4.78 is 42.5. The first-order valence-corrected chi connectivity index (χ1v) is 9.15. The number of hydrogen-bond acceptors (Lipinski definition) is 4. The normalized spacial score (nSPS) is 11.5. The first-order valence-electron chi connectivity index (χ1n) is 7.29. The molecule has 0 atom stereocenters. The number of hydrogen-bond donors (Lipinski definition) is 1. The average molecular weight is 381 g/mol. The van der Waals surface area contributed by atoms with Gasteiger partial charge in [-0.25, -0.2) is 17.5 Å². The lowest BCUT2D eigenvalue weighted by Crippen LogP contribution is -2.15. The maximum Gasteiger partial charge on any atom is 0.264 e. The van der Waals surface area contributed by atoms with Crippen molar-refractivity contribution in [3.8, 4) is 0 Å². The van der Waals surface area contributed by atoms with Crippen molar-refractivity contribution < 1.29 is 12.8 Å². The molecule has 0 aliphatic carbocycles. The van der Waals surface area contributed by atoms with Gasteiger partial charge in [0.2, 0.25) is 0 Å². The van der Waals surface area contributed by atoms with Crippen molar-refractivity contribution in [2.45, 2.75) is 18.4 Å². The number of rotatable bonds is 5. The van der Waals surface area contributed by atoms with Gasteiger partial charge in [-0.05, 0) is 25.1 Å². The Kier molecular flexibility index (Phi) is 4.73. The van der Waals surface area contributed by atoms with Gasteiger partial charge in [-0.15, -0.1) is 5.10 Å². The molecule has 6 nitrogen and oxygen atoms in total. The molecule has 1 aromatic heterocycles. The molecule has 0 radical (unpaired) electrons. The first-order chi connectivity index (χ1) is 11.9. The lowest BCUT2D eigenvalue weighted by atomic mass is 10.2. The molecule has 3 rings (SSSR count). The molecule has 0 bridgehead atoms. The molecule has 1 N–H and O–H groups in total. The fourth-order valence-corrected chi connectivity index (χ4v) is 3.81. The van der Waals surface area contributed by atoms with Crippen LogP contribution in [0.3, 0.4) is 0 Å². The van der Waals surface area contributed by atoms with Crippen molar-refractivity contribution in [1.82, 2.24) is 15.0 Å². The number of aromatic nitrogens is 3. The van der Waals surface area contributed by atoms with E-state index in [0.29, 0.717) is 11.3 Å². The number of nitrogens with zero attached hydrogens (tertiary/aromatic N) is 3. The van der Waals surface area contributed by atoms with E-state index in [0.717, 1.165) is 0 Å². The Hall–Kier alpha value is -2.45. The second-order valence-electron chi connectivity index (χ2n) is 5.31. The molecule has 3 aromatic rings. The number of benzene rings is 2. The van der Waals surface area contributed by atoms with E-state index in [1.165, 1.54) is 22.9 Å². The van der Waals surface area contributed by atoms with Crippen LogP contribution in [0, 0.1) is 12.7 Å². The van der Waals surface area contributed by atoms with Gasteiger partial charge in [-0.2, -0.15) is 0 Å². The second-order valence-corrected chi connectivity index (χ2v) is 7.37. The quantitative estimate of drug-likeness (QED) is 0.737. The fraction of sp³-hybridized carbons (Fsp3) is 0.125. The summed E-state index contributed by atoms with van der Waals surface area (Å²) in [6.07, 6.45) is 0. The molecular formula is C16H14ClFN4O2S. The average Bonchev–Trinajstić information content (AvgIpc) is 2.90. The highest BCUT2D eigenvalue weighted by molar-refractivity contribution is 7.92.